The molecule has 2 N–H and O–H groups in total. The van der Waals surface area contributed by atoms with Gasteiger partial charge in [-0.25, -0.2) is 0 Å². The van der Waals surface area contributed by atoms with Gasteiger partial charge in [0.05, 0.1) is 6.54 Å². The fourth-order valence-corrected chi connectivity index (χ4v) is 2.31. The lowest BCUT2D eigenvalue weighted by atomic mass is 10.1. The highest BCUT2D eigenvalue weighted by Gasteiger charge is 2.23. The van der Waals surface area contributed by atoms with Crippen LogP contribution in [0.5, 0.6) is 0 Å². The molecule has 0 saturated carbocycles. The van der Waals surface area contributed by atoms with Crippen LogP contribution in [0.4, 0.5) is 0 Å². The van der Waals surface area contributed by atoms with Gasteiger partial charge in [0.15, 0.2) is 0 Å². The smallest absolute Gasteiger partial charge is 0.236 e. The first-order valence-corrected chi connectivity index (χ1v) is 7.40. The second-order valence-corrected chi connectivity index (χ2v) is 5.70. The first kappa shape index (κ1) is 16.9. The van der Waals surface area contributed by atoms with Crippen molar-refractivity contribution in [3.05, 3.63) is 0 Å². The number of carbonyl (C=O) groups excluding carboxylic acids is 2. The summed E-state index contributed by atoms with van der Waals surface area (Å²) in [7, 11) is 3.52. The van der Waals surface area contributed by atoms with Crippen LogP contribution < -0.4 is 5.73 Å². The minimum Gasteiger partial charge on any atom is -0.348 e. The normalized spacial score (nSPS) is 17.9. The number of piperazine rings is 1. The van der Waals surface area contributed by atoms with Gasteiger partial charge in [-0.15, -0.1) is 0 Å². The Bertz CT molecular complexity index is 325. The molecule has 1 saturated heterocycles. The quantitative estimate of drug-likeness (QED) is 0.729. The molecule has 1 fully saturated rings. The molecule has 0 aromatic carbocycles. The van der Waals surface area contributed by atoms with E-state index in [1.165, 1.54) is 0 Å². The first-order valence-electron chi connectivity index (χ1n) is 7.40. The minimum atomic E-state index is -0.0270. The number of nitrogens with two attached hydrogens (primary N) is 1. The number of likely N-dealkylation sites (N-methyl/N-ethyl adjacent to an activating group) is 1. The Kier molecular flexibility index (Phi) is 6.95. The van der Waals surface area contributed by atoms with Crippen LogP contribution in [0.2, 0.25) is 0 Å². The zero-order valence-electron chi connectivity index (χ0n) is 13.0. The average molecular weight is 284 g/mol. The maximum atomic E-state index is 12.1. The zero-order valence-corrected chi connectivity index (χ0v) is 13.0. The SMILES string of the molecule is CCCC(N)CC(=O)N1CCN(CC(=O)N(C)C)CC1. The summed E-state index contributed by atoms with van der Waals surface area (Å²) in [6.07, 6.45) is 2.34. The first-order chi connectivity index (χ1) is 9.43. The number of amides is 2. The van der Waals surface area contributed by atoms with E-state index >= 15 is 0 Å². The Balaban J connectivity index is 2.31. The Hall–Kier alpha value is -1.14. The van der Waals surface area contributed by atoms with Crippen LogP contribution in [0, 0.1) is 0 Å². The van der Waals surface area contributed by atoms with Crippen LogP contribution in [-0.2, 0) is 9.59 Å². The molecule has 116 valence electrons. The van der Waals surface area contributed by atoms with Crippen molar-refractivity contribution in [1.29, 1.82) is 0 Å². The largest absolute Gasteiger partial charge is 0.348 e. The summed E-state index contributed by atoms with van der Waals surface area (Å²) < 4.78 is 0. The molecule has 1 aliphatic rings. The van der Waals surface area contributed by atoms with E-state index in [0.717, 1.165) is 25.9 Å². The van der Waals surface area contributed by atoms with Gasteiger partial charge in [-0.1, -0.05) is 13.3 Å². The predicted octanol–water partition coefficient (Wildman–Crippen LogP) is -0.264. The van der Waals surface area contributed by atoms with E-state index in [1.807, 2.05) is 4.90 Å². The molecule has 0 aromatic heterocycles. The lowest BCUT2D eigenvalue weighted by molar-refractivity contribution is -0.134. The van der Waals surface area contributed by atoms with Crippen LogP contribution >= 0.6 is 0 Å². The Morgan fingerprint density at radius 3 is 2.30 bits per heavy atom. The van der Waals surface area contributed by atoms with E-state index in [0.29, 0.717) is 26.1 Å². The highest BCUT2D eigenvalue weighted by molar-refractivity contribution is 5.78. The van der Waals surface area contributed by atoms with Gasteiger partial charge in [-0.05, 0) is 6.42 Å². The van der Waals surface area contributed by atoms with Crippen LogP contribution in [0.25, 0.3) is 0 Å². The molecular weight excluding hydrogens is 256 g/mol. The minimum absolute atomic E-state index is 0.0270. The molecule has 1 unspecified atom stereocenters. The topological polar surface area (TPSA) is 69.9 Å². The van der Waals surface area contributed by atoms with Gasteiger partial charge in [-0.3, -0.25) is 14.5 Å². The second-order valence-electron chi connectivity index (χ2n) is 5.70. The predicted molar refractivity (Wildman–Crippen MR) is 79.2 cm³/mol. The summed E-state index contributed by atoms with van der Waals surface area (Å²) in [5.41, 5.74) is 5.91. The summed E-state index contributed by atoms with van der Waals surface area (Å²) in [4.78, 5) is 29.3. The summed E-state index contributed by atoms with van der Waals surface area (Å²) in [5.74, 6) is 0.249. The molecule has 0 aliphatic carbocycles. The summed E-state index contributed by atoms with van der Waals surface area (Å²) >= 11 is 0. The van der Waals surface area contributed by atoms with E-state index in [-0.39, 0.29) is 17.9 Å². The molecule has 6 heteroatoms. The van der Waals surface area contributed by atoms with Crippen molar-refractivity contribution >= 4 is 11.8 Å². The fourth-order valence-electron chi connectivity index (χ4n) is 2.31. The van der Waals surface area contributed by atoms with Crippen molar-refractivity contribution in [2.24, 2.45) is 5.73 Å². The van der Waals surface area contributed by atoms with Gasteiger partial charge in [0, 0.05) is 52.7 Å². The number of hydrogen-bond donors (Lipinski definition) is 1. The highest BCUT2D eigenvalue weighted by atomic mass is 16.2. The Morgan fingerprint density at radius 1 is 1.20 bits per heavy atom. The Morgan fingerprint density at radius 2 is 1.80 bits per heavy atom. The van der Waals surface area contributed by atoms with Gasteiger partial charge < -0.3 is 15.5 Å². The third-order valence-corrected chi connectivity index (χ3v) is 3.68. The molecule has 0 radical (unpaired) electrons. The molecule has 1 atom stereocenters. The molecule has 2 amide bonds. The van der Waals surface area contributed by atoms with Crippen molar-refractivity contribution in [3.8, 4) is 0 Å². The van der Waals surface area contributed by atoms with Crippen molar-refractivity contribution in [3.63, 3.8) is 0 Å². The van der Waals surface area contributed by atoms with Crippen molar-refractivity contribution in [2.75, 3.05) is 46.8 Å². The molecular formula is C14H28N4O2. The number of carbonyl (C=O) groups is 2. The number of rotatable bonds is 6. The van der Waals surface area contributed by atoms with E-state index in [2.05, 4.69) is 11.8 Å². The van der Waals surface area contributed by atoms with E-state index in [1.54, 1.807) is 19.0 Å². The van der Waals surface area contributed by atoms with Gasteiger partial charge in [0.1, 0.15) is 0 Å². The third-order valence-electron chi connectivity index (χ3n) is 3.68. The maximum Gasteiger partial charge on any atom is 0.236 e. The fraction of sp³-hybridized carbons (Fsp3) is 0.857. The maximum absolute atomic E-state index is 12.1. The van der Waals surface area contributed by atoms with Crippen LogP contribution in [0.1, 0.15) is 26.2 Å². The van der Waals surface area contributed by atoms with E-state index in [9.17, 15) is 9.59 Å². The molecule has 6 nitrogen and oxygen atoms in total. The van der Waals surface area contributed by atoms with Crippen LogP contribution in [0.3, 0.4) is 0 Å². The molecule has 0 spiro atoms. The lowest BCUT2D eigenvalue weighted by Gasteiger charge is -2.35. The molecule has 1 heterocycles. The van der Waals surface area contributed by atoms with Gasteiger partial charge in [0.2, 0.25) is 11.8 Å². The van der Waals surface area contributed by atoms with E-state index < -0.39 is 0 Å². The number of hydrogen-bond acceptors (Lipinski definition) is 4. The summed E-state index contributed by atoms with van der Waals surface area (Å²) in [5, 5.41) is 0. The second kappa shape index (κ2) is 8.21. The third kappa shape index (κ3) is 5.46. The van der Waals surface area contributed by atoms with Crippen LogP contribution in [-0.4, -0.2) is 79.4 Å². The number of nitrogens with zero attached hydrogens (tertiary/aromatic N) is 3. The summed E-state index contributed by atoms with van der Waals surface area (Å²) in [6, 6.07) is -0.0270. The zero-order chi connectivity index (χ0) is 15.1. The van der Waals surface area contributed by atoms with Gasteiger partial charge in [-0.2, -0.15) is 0 Å². The molecule has 0 bridgehead atoms. The summed E-state index contributed by atoms with van der Waals surface area (Å²) in [6.45, 7) is 5.41. The standard InChI is InChI=1S/C14H28N4O2/c1-4-5-12(15)10-13(19)18-8-6-17(7-9-18)11-14(20)16(2)3/h12H,4-11,15H2,1-3H3. The lowest BCUT2D eigenvalue weighted by Crippen LogP contribution is -2.51. The van der Waals surface area contributed by atoms with Crippen molar-refractivity contribution in [2.45, 2.75) is 32.2 Å². The molecule has 20 heavy (non-hydrogen) atoms. The van der Waals surface area contributed by atoms with Gasteiger partial charge >= 0.3 is 0 Å². The molecule has 1 aliphatic heterocycles. The monoisotopic (exact) mass is 284 g/mol. The van der Waals surface area contributed by atoms with Crippen molar-refractivity contribution < 1.29 is 9.59 Å². The van der Waals surface area contributed by atoms with Crippen LogP contribution in [0.15, 0.2) is 0 Å². The van der Waals surface area contributed by atoms with Crippen molar-refractivity contribution in [1.82, 2.24) is 14.7 Å². The molecule has 1 rings (SSSR count). The Labute approximate surface area is 121 Å². The highest BCUT2D eigenvalue weighted by Crippen LogP contribution is 2.07. The van der Waals surface area contributed by atoms with E-state index in [4.69, 9.17) is 5.73 Å². The average Bonchev–Trinajstić information content (AvgIpc) is 2.39. The van der Waals surface area contributed by atoms with Gasteiger partial charge in [0.25, 0.3) is 0 Å². The molecule has 0 aromatic rings.